The van der Waals surface area contributed by atoms with Gasteiger partial charge in [-0.1, -0.05) is 30.3 Å². The van der Waals surface area contributed by atoms with Gasteiger partial charge < -0.3 is 19.4 Å². The van der Waals surface area contributed by atoms with Crippen molar-refractivity contribution in [2.24, 2.45) is 0 Å². The smallest absolute Gasteiger partial charge is 0.407 e. The molecule has 0 saturated heterocycles. The normalized spacial score (nSPS) is 11.0. The van der Waals surface area contributed by atoms with Gasteiger partial charge in [-0.3, -0.25) is 0 Å². The van der Waals surface area contributed by atoms with Crippen LogP contribution in [0.1, 0.15) is 43.2 Å². The molecule has 26 heavy (non-hydrogen) atoms. The zero-order chi connectivity index (χ0) is 19.0. The van der Waals surface area contributed by atoms with E-state index in [1.54, 1.807) is 26.8 Å². The van der Waals surface area contributed by atoms with Gasteiger partial charge in [0.2, 0.25) is 0 Å². The third kappa shape index (κ3) is 6.63. The number of esters is 1. The van der Waals surface area contributed by atoms with Crippen molar-refractivity contribution >= 4 is 12.1 Å². The summed E-state index contributed by atoms with van der Waals surface area (Å²) in [6.07, 6.45) is 1.90. The van der Waals surface area contributed by atoms with Gasteiger partial charge in [0.1, 0.15) is 11.3 Å². The molecule has 0 spiro atoms. The Morgan fingerprint density at radius 3 is 2.50 bits per heavy atom. The quantitative estimate of drug-likeness (QED) is 0.606. The van der Waals surface area contributed by atoms with Crippen molar-refractivity contribution in [3.63, 3.8) is 0 Å². The molecule has 1 N–H and O–H groups in total. The highest BCUT2D eigenvalue weighted by Gasteiger charge is 2.16. The molecule has 0 radical (unpaired) electrons. The first-order chi connectivity index (χ1) is 12.3. The van der Waals surface area contributed by atoms with E-state index in [0.29, 0.717) is 25.2 Å². The highest BCUT2D eigenvalue weighted by Crippen LogP contribution is 2.09. The maximum absolute atomic E-state index is 12.2. The molecule has 6 nitrogen and oxygen atoms in total. The maximum atomic E-state index is 12.2. The third-order valence-corrected chi connectivity index (χ3v) is 3.46. The van der Waals surface area contributed by atoms with Crippen molar-refractivity contribution < 1.29 is 19.1 Å². The summed E-state index contributed by atoms with van der Waals surface area (Å²) < 4.78 is 12.3. The largest absolute Gasteiger partial charge is 0.461 e. The van der Waals surface area contributed by atoms with E-state index < -0.39 is 11.7 Å². The number of nitrogens with one attached hydrogen (secondary N) is 1. The molecule has 6 heteroatoms. The minimum Gasteiger partial charge on any atom is -0.461 e. The summed E-state index contributed by atoms with van der Waals surface area (Å²) in [5.74, 6) is -0.372. The van der Waals surface area contributed by atoms with E-state index in [9.17, 15) is 9.59 Å². The monoisotopic (exact) mass is 358 g/mol. The average Bonchev–Trinajstić information content (AvgIpc) is 3.02. The van der Waals surface area contributed by atoms with E-state index in [1.807, 2.05) is 47.2 Å². The Hall–Kier alpha value is -2.76. The van der Waals surface area contributed by atoms with Crippen molar-refractivity contribution in [2.75, 3.05) is 13.2 Å². The first kappa shape index (κ1) is 19.6. The summed E-state index contributed by atoms with van der Waals surface area (Å²) in [4.78, 5) is 23.8. The highest BCUT2D eigenvalue weighted by molar-refractivity contribution is 5.87. The maximum Gasteiger partial charge on any atom is 0.407 e. The van der Waals surface area contributed by atoms with Crippen molar-refractivity contribution in [1.29, 1.82) is 0 Å². The second-order valence-corrected chi connectivity index (χ2v) is 6.93. The Balaban J connectivity index is 1.74. The van der Waals surface area contributed by atoms with Gasteiger partial charge in [0.15, 0.2) is 0 Å². The molecule has 0 fully saturated rings. The van der Waals surface area contributed by atoms with Gasteiger partial charge in [0.05, 0.1) is 6.61 Å². The zero-order valence-corrected chi connectivity index (χ0v) is 15.5. The number of hydrogen-bond donors (Lipinski definition) is 1. The van der Waals surface area contributed by atoms with Gasteiger partial charge in [-0.15, -0.1) is 0 Å². The average molecular weight is 358 g/mol. The van der Waals surface area contributed by atoms with Crippen molar-refractivity contribution in [1.82, 2.24) is 9.88 Å². The molecule has 0 bridgehead atoms. The third-order valence-electron chi connectivity index (χ3n) is 3.46. The van der Waals surface area contributed by atoms with Gasteiger partial charge in [-0.25, -0.2) is 9.59 Å². The number of amides is 1. The predicted octanol–water partition coefficient (Wildman–Crippen LogP) is 3.61. The molecule has 0 aliphatic heterocycles. The summed E-state index contributed by atoms with van der Waals surface area (Å²) in [5.41, 5.74) is 1.09. The van der Waals surface area contributed by atoms with Crippen LogP contribution in [0.25, 0.3) is 0 Å². The van der Waals surface area contributed by atoms with Crippen LogP contribution in [0.4, 0.5) is 4.79 Å². The van der Waals surface area contributed by atoms with E-state index in [2.05, 4.69) is 5.32 Å². The highest BCUT2D eigenvalue weighted by atomic mass is 16.6. The molecular formula is C20H26N2O4. The molecule has 1 aromatic heterocycles. The van der Waals surface area contributed by atoms with E-state index in [4.69, 9.17) is 9.47 Å². The summed E-state index contributed by atoms with van der Waals surface area (Å²) in [5, 5.41) is 2.63. The van der Waals surface area contributed by atoms with E-state index in [0.717, 1.165) is 5.56 Å². The first-order valence-corrected chi connectivity index (χ1v) is 8.68. The number of rotatable bonds is 7. The molecule has 1 heterocycles. The molecule has 1 amide bonds. The number of ether oxygens (including phenoxy) is 2. The van der Waals surface area contributed by atoms with Crippen LogP contribution in [0, 0.1) is 0 Å². The number of benzene rings is 1. The standard InChI is InChI=1S/C20H26N2O4/c1-20(2,3)26-19(24)21-12-8-14-25-18(23)17-11-7-13-22(17)15-16-9-5-4-6-10-16/h4-7,9-11,13H,8,12,14-15H2,1-3H3,(H,21,24). The van der Waals surface area contributed by atoms with Crippen molar-refractivity contribution in [3.05, 3.63) is 59.9 Å². The van der Waals surface area contributed by atoms with Crippen molar-refractivity contribution in [3.8, 4) is 0 Å². The Morgan fingerprint density at radius 2 is 1.81 bits per heavy atom. The number of alkyl carbamates (subject to hydrolysis) is 1. The van der Waals surface area contributed by atoms with Gasteiger partial charge in [0.25, 0.3) is 0 Å². The molecule has 0 aliphatic rings. The summed E-state index contributed by atoms with van der Waals surface area (Å²) >= 11 is 0. The van der Waals surface area contributed by atoms with E-state index >= 15 is 0 Å². The van der Waals surface area contributed by atoms with E-state index in [-0.39, 0.29) is 12.6 Å². The van der Waals surface area contributed by atoms with Crippen molar-refractivity contribution in [2.45, 2.75) is 39.3 Å². The Morgan fingerprint density at radius 1 is 1.08 bits per heavy atom. The summed E-state index contributed by atoms with van der Waals surface area (Å²) in [7, 11) is 0. The number of nitrogens with zero attached hydrogens (tertiary/aromatic N) is 1. The van der Waals surface area contributed by atoms with Gasteiger partial charge >= 0.3 is 12.1 Å². The Kier molecular flexibility index (Phi) is 6.83. The van der Waals surface area contributed by atoms with Gasteiger partial charge in [0, 0.05) is 19.3 Å². The van der Waals surface area contributed by atoms with Gasteiger partial charge in [-0.05, 0) is 44.9 Å². The first-order valence-electron chi connectivity index (χ1n) is 8.68. The molecular weight excluding hydrogens is 332 g/mol. The van der Waals surface area contributed by atoms with Crippen LogP contribution in [-0.2, 0) is 16.0 Å². The molecule has 2 rings (SSSR count). The number of hydrogen-bond acceptors (Lipinski definition) is 4. The SMILES string of the molecule is CC(C)(C)OC(=O)NCCCOC(=O)c1cccn1Cc1ccccc1. The number of carbonyl (C=O) groups excluding carboxylic acids is 2. The molecule has 1 aromatic carbocycles. The minimum atomic E-state index is -0.527. The van der Waals surface area contributed by atoms with Crippen LogP contribution in [0.2, 0.25) is 0 Å². The molecule has 0 unspecified atom stereocenters. The predicted molar refractivity (Wildman–Crippen MR) is 99.1 cm³/mol. The summed E-state index contributed by atoms with van der Waals surface area (Å²) in [6, 6.07) is 13.5. The number of aromatic nitrogens is 1. The lowest BCUT2D eigenvalue weighted by Gasteiger charge is -2.19. The van der Waals surface area contributed by atoms with E-state index in [1.165, 1.54) is 0 Å². The Bertz CT molecular complexity index is 717. The molecule has 2 aromatic rings. The van der Waals surface area contributed by atoms with Crippen LogP contribution >= 0.6 is 0 Å². The Labute approximate surface area is 154 Å². The second kappa shape index (κ2) is 9.08. The molecule has 0 saturated carbocycles. The fourth-order valence-electron chi connectivity index (χ4n) is 2.33. The van der Waals surface area contributed by atoms with Crippen LogP contribution < -0.4 is 5.32 Å². The lowest BCUT2D eigenvalue weighted by molar-refractivity contribution is 0.0474. The fraction of sp³-hybridized carbons (Fsp3) is 0.400. The fourth-order valence-corrected chi connectivity index (χ4v) is 2.33. The molecule has 0 atom stereocenters. The lowest BCUT2D eigenvalue weighted by atomic mass is 10.2. The lowest BCUT2D eigenvalue weighted by Crippen LogP contribution is -2.33. The van der Waals surface area contributed by atoms with Crippen LogP contribution in [0.15, 0.2) is 48.7 Å². The second-order valence-electron chi connectivity index (χ2n) is 6.93. The molecule has 0 aliphatic carbocycles. The van der Waals surface area contributed by atoms with Gasteiger partial charge in [-0.2, -0.15) is 0 Å². The molecule has 140 valence electrons. The summed E-state index contributed by atoms with van der Waals surface area (Å²) in [6.45, 7) is 6.63. The zero-order valence-electron chi connectivity index (χ0n) is 15.5. The minimum absolute atomic E-state index is 0.227. The van der Waals surface area contributed by atoms with Crippen LogP contribution in [0.3, 0.4) is 0 Å². The topological polar surface area (TPSA) is 69.6 Å². The number of carbonyl (C=O) groups is 2. The van der Waals surface area contributed by atoms with Crippen LogP contribution in [0.5, 0.6) is 0 Å². The van der Waals surface area contributed by atoms with Crippen LogP contribution in [-0.4, -0.2) is 35.4 Å².